The zero-order valence-electron chi connectivity index (χ0n) is 18.7. The minimum absolute atomic E-state index is 0.632. The van der Waals surface area contributed by atoms with Crippen LogP contribution in [0.4, 0.5) is 0 Å². The van der Waals surface area contributed by atoms with Crippen LogP contribution >= 0.6 is 0 Å². The molecule has 2 heterocycles. The number of benzene rings is 5. The van der Waals surface area contributed by atoms with Crippen LogP contribution in [0.15, 0.2) is 120 Å². The highest BCUT2D eigenvalue weighted by atomic mass is 16.3. The average Bonchev–Trinajstić information content (AvgIpc) is 3.37. The van der Waals surface area contributed by atoms with Crippen LogP contribution in [0.25, 0.3) is 66.4 Å². The number of nitrogens with zero attached hydrogens (tertiary/aromatic N) is 3. The predicted octanol–water partition coefficient (Wildman–Crippen LogP) is 7.93. The van der Waals surface area contributed by atoms with Crippen LogP contribution in [0.1, 0.15) is 0 Å². The predicted molar refractivity (Wildman–Crippen MR) is 141 cm³/mol. The summed E-state index contributed by atoms with van der Waals surface area (Å²) >= 11 is 0. The first-order valence-corrected chi connectivity index (χ1v) is 11.5. The maximum atomic E-state index is 5.98. The normalized spacial score (nSPS) is 11.4. The van der Waals surface area contributed by atoms with Crippen molar-refractivity contribution in [3.05, 3.63) is 116 Å². The van der Waals surface area contributed by atoms with E-state index in [-0.39, 0.29) is 0 Å². The van der Waals surface area contributed by atoms with E-state index in [9.17, 15) is 0 Å². The molecule has 0 aliphatic rings. The molecule has 0 aliphatic carbocycles. The molecule has 0 saturated heterocycles. The first-order valence-electron chi connectivity index (χ1n) is 11.5. The van der Waals surface area contributed by atoms with Gasteiger partial charge in [-0.1, -0.05) is 72.8 Å². The number of aromatic nitrogens is 3. The van der Waals surface area contributed by atoms with E-state index in [0.717, 1.165) is 27.8 Å². The summed E-state index contributed by atoms with van der Waals surface area (Å²) in [6, 6.07) is 35.5. The molecule has 0 spiro atoms. The number of hydrogen-bond acceptors (Lipinski definition) is 4. The van der Waals surface area contributed by atoms with Crippen molar-refractivity contribution in [3.63, 3.8) is 0 Å². The van der Waals surface area contributed by atoms with Crippen LogP contribution in [0.2, 0.25) is 0 Å². The minimum Gasteiger partial charge on any atom is -0.436 e. The summed E-state index contributed by atoms with van der Waals surface area (Å²) in [5, 5.41) is 12.9. The van der Waals surface area contributed by atoms with Crippen molar-refractivity contribution < 1.29 is 4.42 Å². The van der Waals surface area contributed by atoms with E-state index in [1.54, 1.807) is 6.20 Å². The lowest BCUT2D eigenvalue weighted by molar-refractivity contribution is 0.620. The Balaban J connectivity index is 1.46. The van der Waals surface area contributed by atoms with Crippen molar-refractivity contribution in [2.24, 2.45) is 0 Å². The summed E-state index contributed by atoms with van der Waals surface area (Å²) in [6.45, 7) is 0. The molecule has 0 aliphatic heterocycles. The Morgan fingerprint density at radius 1 is 0.486 bits per heavy atom. The summed E-state index contributed by atoms with van der Waals surface area (Å²) in [4.78, 5) is 4.65. The summed E-state index contributed by atoms with van der Waals surface area (Å²) in [7, 11) is 0. The third-order valence-electron chi connectivity index (χ3n) is 6.52. The molecule has 0 radical (unpaired) electrons. The molecule has 0 atom stereocenters. The van der Waals surface area contributed by atoms with E-state index in [4.69, 9.17) is 4.42 Å². The zero-order valence-corrected chi connectivity index (χ0v) is 18.7. The molecule has 4 heteroatoms. The summed E-state index contributed by atoms with van der Waals surface area (Å²) in [5.41, 5.74) is 7.22. The molecule has 0 fully saturated rings. The second-order valence-electron chi connectivity index (χ2n) is 8.54. The van der Waals surface area contributed by atoms with Crippen molar-refractivity contribution in [2.75, 3.05) is 0 Å². The van der Waals surface area contributed by atoms with Gasteiger partial charge in [-0.2, -0.15) is 10.2 Å². The molecule has 0 unspecified atom stereocenters. The van der Waals surface area contributed by atoms with Crippen LogP contribution in [0, 0.1) is 0 Å². The Labute approximate surface area is 201 Å². The Hall–Kier alpha value is -4.83. The second-order valence-corrected chi connectivity index (χ2v) is 8.54. The molecular weight excluding hydrogens is 430 g/mol. The maximum absolute atomic E-state index is 5.98. The molecule has 4 nitrogen and oxygen atoms in total. The van der Waals surface area contributed by atoms with Gasteiger partial charge in [0, 0.05) is 11.1 Å². The molecule has 7 aromatic rings. The molecule has 35 heavy (non-hydrogen) atoms. The summed E-state index contributed by atoms with van der Waals surface area (Å²) < 4.78 is 5.98. The summed E-state index contributed by atoms with van der Waals surface area (Å²) in [5.74, 6) is 0.632. The second kappa shape index (κ2) is 7.89. The van der Waals surface area contributed by atoms with Gasteiger partial charge in [0.15, 0.2) is 5.58 Å². The zero-order chi connectivity index (χ0) is 23.2. The third-order valence-corrected chi connectivity index (χ3v) is 6.52. The Morgan fingerprint density at radius 2 is 1.06 bits per heavy atom. The van der Waals surface area contributed by atoms with E-state index < -0.39 is 0 Å². The molecule has 0 amide bonds. The Morgan fingerprint density at radius 3 is 1.66 bits per heavy atom. The van der Waals surface area contributed by atoms with E-state index in [1.807, 2.05) is 36.5 Å². The number of rotatable bonds is 3. The topological polar surface area (TPSA) is 51.8 Å². The van der Waals surface area contributed by atoms with Crippen LogP contribution in [0.5, 0.6) is 0 Å². The van der Waals surface area contributed by atoms with Crippen LogP contribution in [0.3, 0.4) is 0 Å². The lowest BCUT2D eigenvalue weighted by Crippen LogP contribution is -1.91. The lowest BCUT2D eigenvalue weighted by atomic mass is 9.86. The Bertz CT molecular complexity index is 1750. The van der Waals surface area contributed by atoms with Crippen molar-refractivity contribution in [1.29, 1.82) is 0 Å². The van der Waals surface area contributed by atoms with Crippen molar-refractivity contribution in [2.45, 2.75) is 0 Å². The van der Waals surface area contributed by atoms with Gasteiger partial charge in [0.25, 0.3) is 0 Å². The highest BCUT2D eigenvalue weighted by molar-refractivity contribution is 6.21. The van der Waals surface area contributed by atoms with Crippen molar-refractivity contribution in [1.82, 2.24) is 15.2 Å². The van der Waals surface area contributed by atoms with E-state index in [2.05, 4.69) is 88.0 Å². The van der Waals surface area contributed by atoms with Gasteiger partial charge in [-0.3, -0.25) is 0 Å². The minimum atomic E-state index is 0.632. The standard InChI is InChI=1S/C31H19N3O/c1-3-9-25-23(7-1)29(24-8-2-4-10-26(24)30(25)22-17-18-32-33-19-22)20-13-15-21(16-14-20)31-34-27-11-5-6-12-28(27)35-31/h1-19H. The van der Waals surface area contributed by atoms with Crippen molar-refractivity contribution in [3.8, 4) is 33.7 Å². The molecule has 7 rings (SSSR count). The molecule has 164 valence electrons. The van der Waals surface area contributed by atoms with Crippen LogP contribution < -0.4 is 0 Å². The van der Waals surface area contributed by atoms with Gasteiger partial charge in [0.05, 0.1) is 12.4 Å². The maximum Gasteiger partial charge on any atom is 0.227 e. The fourth-order valence-corrected chi connectivity index (χ4v) is 4.96. The number of fused-ring (bicyclic) bond motifs is 3. The molecule has 0 bridgehead atoms. The third kappa shape index (κ3) is 3.19. The van der Waals surface area contributed by atoms with Gasteiger partial charge in [-0.05, 0) is 68.6 Å². The van der Waals surface area contributed by atoms with Gasteiger partial charge in [0.1, 0.15) is 5.52 Å². The fraction of sp³-hybridized carbons (Fsp3) is 0. The largest absolute Gasteiger partial charge is 0.436 e. The average molecular weight is 450 g/mol. The molecule has 0 N–H and O–H groups in total. The van der Waals surface area contributed by atoms with E-state index in [0.29, 0.717) is 5.89 Å². The van der Waals surface area contributed by atoms with Gasteiger partial charge in [0.2, 0.25) is 5.89 Å². The Kier molecular flexibility index (Phi) is 4.42. The smallest absolute Gasteiger partial charge is 0.227 e. The van der Waals surface area contributed by atoms with Crippen molar-refractivity contribution >= 4 is 32.6 Å². The highest BCUT2D eigenvalue weighted by Gasteiger charge is 2.17. The van der Waals surface area contributed by atoms with E-state index in [1.165, 1.54) is 32.7 Å². The first-order chi connectivity index (χ1) is 17.4. The molecule has 0 saturated carbocycles. The van der Waals surface area contributed by atoms with Gasteiger partial charge in [-0.25, -0.2) is 4.98 Å². The molecule has 5 aromatic carbocycles. The monoisotopic (exact) mass is 449 g/mol. The molecule has 2 aromatic heterocycles. The first kappa shape index (κ1) is 19.6. The van der Waals surface area contributed by atoms with Crippen LogP contribution in [-0.2, 0) is 0 Å². The van der Waals surface area contributed by atoms with Gasteiger partial charge in [-0.15, -0.1) is 0 Å². The van der Waals surface area contributed by atoms with Crippen LogP contribution in [-0.4, -0.2) is 15.2 Å². The van der Waals surface area contributed by atoms with Gasteiger partial charge >= 0.3 is 0 Å². The highest BCUT2D eigenvalue weighted by Crippen LogP contribution is 2.43. The lowest BCUT2D eigenvalue weighted by Gasteiger charge is -2.17. The summed E-state index contributed by atoms with van der Waals surface area (Å²) in [6.07, 6.45) is 3.58. The quantitative estimate of drug-likeness (QED) is 0.257. The number of oxazole rings is 1. The number of hydrogen-bond donors (Lipinski definition) is 0. The number of para-hydroxylation sites is 2. The fourth-order valence-electron chi connectivity index (χ4n) is 4.96. The molecular formula is C31H19N3O. The SMILES string of the molecule is c1ccc2oc(-c3ccc(-c4c5ccccc5c(-c5ccnnc5)c5ccccc45)cc3)nc2c1. The van der Waals surface area contributed by atoms with E-state index >= 15 is 0 Å². The van der Waals surface area contributed by atoms with Gasteiger partial charge < -0.3 is 4.42 Å².